The third kappa shape index (κ3) is 5.36. The van der Waals surface area contributed by atoms with E-state index in [1.54, 1.807) is 32.9 Å². The van der Waals surface area contributed by atoms with Gasteiger partial charge in [0.15, 0.2) is 0 Å². The van der Waals surface area contributed by atoms with Crippen molar-refractivity contribution in [2.75, 3.05) is 19.8 Å². The number of rotatable bonds is 8. The monoisotopic (exact) mass is 390 g/mol. The van der Waals surface area contributed by atoms with Crippen molar-refractivity contribution in [3.8, 4) is 0 Å². The number of esters is 1. The highest BCUT2D eigenvalue weighted by Gasteiger charge is 2.35. The number of carbonyl (C=O) groups excluding carboxylic acids is 1. The van der Waals surface area contributed by atoms with Crippen LogP contribution in [0.2, 0.25) is 0 Å². The van der Waals surface area contributed by atoms with Crippen molar-refractivity contribution < 1.29 is 23.1 Å². The molecule has 1 aromatic rings. The highest BCUT2D eigenvalue weighted by Crippen LogP contribution is 2.57. The lowest BCUT2D eigenvalue weighted by Crippen LogP contribution is -2.11. The van der Waals surface area contributed by atoms with Gasteiger partial charge >= 0.3 is 13.6 Å². The van der Waals surface area contributed by atoms with Crippen molar-refractivity contribution >= 4 is 35.6 Å². The highest BCUT2D eigenvalue weighted by atomic mass is 79.9. The van der Waals surface area contributed by atoms with Crippen LogP contribution < -0.4 is 0 Å². The van der Waals surface area contributed by atoms with Gasteiger partial charge < -0.3 is 13.8 Å². The summed E-state index contributed by atoms with van der Waals surface area (Å²) in [5, 5.41) is -0.0969. The average molecular weight is 391 g/mol. The molecular weight excluding hydrogens is 371 g/mol. The first-order chi connectivity index (χ1) is 10.5. The van der Waals surface area contributed by atoms with Gasteiger partial charge in [-0.1, -0.05) is 28.1 Å². The van der Waals surface area contributed by atoms with Crippen LogP contribution in [0.4, 0.5) is 0 Å². The first kappa shape index (κ1) is 19.1. The van der Waals surface area contributed by atoms with Gasteiger partial charge in [0, 0.05) is 4.47 Å². The van der Waals surface area contributed by atoms with Crippen LogP contribution in [0.25, 0.3) is 6.08 Å². The number of halogens is 1. The summed E-state index contributed by atoms with van der Waals surface area (Å²) in [7, 11) is -3.72. The molecule has 0 saturated carbocycles. The Morgan fingerprint density at radius 1 is 1.09 bits per heavy atom. The molecule has 0 saturated heterocycles. The van der Waals surface area contributed by atoms with E-state index in [2.05, 4.69) is 15.9 Å². The zero-order valence-corrected chi connectivity index (χ0v) is 15.4. The maximum atomic E-state index is 12.9. The zero-order chi connectivity index (χ0) is 16.6. The molecule has 0 N–H and O–H groups in total. The van der Waals surface area contributed by atoms with Crippen LogP contribution in [-0.4, -0.2) is 25.8 Å². The van der Waals surface area contributed by atoms with Gasteiger partial charge in [0.2, 0.25) is 0 Å². The van der Waals surface area contributed by atoms with Gasteiger partial charge in [0.1, 0.15) is 5.31 Å². The van der Waals surface area contributed by atoms with Crippen molar-refractivity contribution in [2.24, 2.45) is 0 Å². The molecule has 0 aliphatic heterocycles. The van der Waals surface area contributed by atoms with E-state index in [-0.39, 0.29) is 25.1 Å². The molecule has 0 aromatic heterocycles. The van der Waals surface area contributed by atoms with E-state index in [1.165, 1.54) is 6.08 Å². The Bertz CT molecular complexity index is 558. The molecular formula is C15H20BrO5P. The first-order valence-electron chi connectivity index (χ1n) is 7.00. The molecule has 0 amide bonds. The van der Waals surface area contributed by atoms with E-state index >= 15 is 0 Å². The van der Waals surface area contributed by atoms with Crippen LogP contribution in [0.3, 0.4) is 0 Å². The van der Waals surface area contributed by atoms with Crippen LogP contribution in [0.1, 0.15) is 26.3 Å². The molecule has 0 fully saturated rings. The summed E-state index contributed by atoms with van der Waals surface area (Å²) in [6, 6.07) is 7.21. The molecule has 0 aliphatic rings. The van der Waals surface area contributed by atoms with Crippen molar-refractivity contribution in [2.45, 2.75) is 20.8 Å². The predicted octanol–water partition coefficient (Wildman–Crippen LogP) is 4.62. The van der Waals surface area contributed by atoms with E-state index in [0.29, 0.717) is 5.56 Å². The lowest BCUT2D eigenvalue weighted by atomic mass is 10.2. The average Bonchev–Trinajstić information content (AvgIpc) is 2.47. The molecule has 1 aromatic carbocycles. The van der Waals surface area contributed by atoms with Crippen molar-refractivity contribution in [3.05, 3.63) is 39.6 Å². The van der Waals surface area contributed by atoms with Crippen molar-refractivity contribution in [1.29, 1.82) is 0 Å². The molecule has 122 valence electrons. The Balaban J connectivity index is 3.29. The van der Waals surface area contributed by atoms with Crippen LogP contribution in [0.5, 0.6) is 0 Å². The lowest BCUT2D eigenvalue weighted by molar-refractivity contribution is -0.137. The minimum atomic E-state index is -3.72. The molecule has 0 radical (unpaired) electrons. The number of hydrogen-bond donors (Lipinski definition) is 0. The molecule has 0 aliphatic carbocycles. The summed E-state index contributed by atoms with van der Waals surface area (Å²) in [6.07, 6.45) is 1.48. The van der Waals surface area contributed by atoms with Crippen molar-refractivity contribution in [3.63, 3.8) is 0 Å². The fraction of sp³-hybridized carbons (Fsp3) is 0.400. The summed E-state index contributed by atoms with van der Waals surface area (Å²) in [5.74, 6) is -0.698. The fourth-order valence-corrected chi connectivity index (χ4v) is 3.58. The number of ether oxygens (including phenoxy) is 1. The van der Waals surface area contributed by atoms with Gasteiger partial charge in [-0.25, -0.2) is 4.79 Å². The normalized spacial score (nSPS) is 12.3. The molecule has 0 heterocycles. The lowest BCUT2D eigenvalue weighted by Gasteiger charge is -2.19. The molecule has 5 nitrogen and oxygen atoms in total. The van der Waals surface area contributed by atoms with Crippen LogP contribution >= 0.6 is 23.5 Å². The van der Waals surface area contributed by atoms with Gasteiger partial charge in [0.25, 0.3) is 0 Å². The van der Waals surface area contributed by atoms with E-state index in [0.717, 1.165) is 4.47 Å². The van der Waals surface area contributed by atoms with Gasteiger partial charge in [-0.05, 0) is 44.5 Å². The highest BCUT2D eigenvalue weighted by molar-refractivity contribution is 9.10. The minimum Gasteiger partial charge on any atom is -0.462 e. The molecule has 0 bridgehead atoms. The van der Waals surface area contributed by atoms with E-state index in [9.17, 15) is 9.36 Å². The Morgan fingerprint density at radius 2 is 1.64 bits per heavy atom. The second-order valence-electron chi connectivity index (χ2n) is 4.13. The molecule has 22 heavy (non-hydrogen) atoms. The Hall–Kier alpha value is -0.940. The second-order valence-corrected chi connectivity index (χ2v) is 7.04. The van der Waals surface area contributed by atoms with E-state index < -0.39 is 13.6 Å². The van der Waals surface area contributed by atoms with Crippen LogP contribution in [0, 0.1) is 0 Å². The molecule has 0 spiro atoms. The first-order valence-corrected chi connectivity index (χ1v) is 9.34. The van der Waals surface area contributed by atoms with E-state index in [1.807, 2.05) is 12.1 Å². The van der Waals surface area contributed by atoms with Gasteiger partial charge in [-0.15, -0.1) is 0 Å². The summed E-state index contributed by atoms with van der Waals surface area (Å²) >= 11 is 3.34. The van der Waals surface area contributed by atoms with Crippen LogP contribution in [-0.2, 0) is 23.1 Å². The third-order valence-electron chi connectivity index (χ3n) is 2.55. The van der Waals surface area contributed by atoms with Gasteiger partial charge in [-0.2, -0.15) is 0 Å². The topological polar surface area (TPSA) is 61.8 Å². The standard InChI is InChI=1S/C15H20BrO5P/c1-4-19-15(17)14(22(18,20-5-2)21-6-3)11-12-7-9-13(16)10-8-12/h7-11H,4-6H2,1-3H3/b14-11-. The Labute approximate surface area is 139 Å². The fourth-order valence-electron chi connectivity index (χ4n) is 1.69. The smallest absolute Gasteiger partial charge is 0.368 e. The summed E-state index contributed by atoms with van der Waals surface area (Å²) in [6.45, 7) is 5.56. The number of hydrogen-bond acceptors (Lipinski definition) is 5. The van der Waals surface area contributed by atoms with E-state index in [4.69, 9.17) is 13.8 Å². The molecule has 0 atom stereocenters. The summed E-state index contributed by atoms with van der Waals surface area (Å²) in [4.78, 5) is 12.2. The molecule has 7 heteroatoms. The molecule has 0 unspecified atom stereocenters. The van der Waals surface area contributed by atoms with Gasteiger partial charge in [-0.3, -0.25) is 4.57 Å². The minimum absolute atomic E-state index is 0.0969. The Morgan fingerprint density at radius 3 is 2.09 bits per heavy atom. The molecule has 1 rings (SSSR count). The maximum Gasteiger partial charge on any atom is 0.368 e. The summed E-state index contributed by atoms with van der Waals surface area (Å²) in [5.41, 5.74) is 0.700. The second kappa shape index (κ2) is 9.26. The van der Waals surface area contributed by atoms with Crippen LogP contribution in [0.15, 0.2) is 34.1 Å². The predicted molar refractivity (Wildman–Crippen MR) is 89.6 cm³/mol. The summed E-state index contributed by atoms with van der Waals surface area (Å²) < 4.78 is 29.3. The van der Waals surface area contributed by atoms with Crippen molar-refractivity contribution in [1.82, 2.24) is 0 Å². The SMILES string of the molecule is CCOC(=O)/C(=C/c1ccc(Br)cc1)P(=O)(OCC)OCC. The quantitative estimate of drug-likeness (QED) is 0.368. The maximum absolute atomic E-state index is 12.9. The number of carbonyl (C=O) groups is 1. The largest absolute Gasteiger partial charge is 0.462 e. The zero-order valence-electron chi connectivity index (χ0n) is 12.9. The number of benzene rings is 1. The third-order valence-corrected chi connectivity index (χ3v) is 5.18. The Kier molecular flexibility index (Phi) is 8.04. The van der Waals surface area contributed by atoms with Gasteiger partial charge in [0.05, 0.1) is 19.8 Å².